The number of nitrogens with two attached hydrogens (primary N) is 1. The summed E-state index contributed by atoms with van der Waals surface area (Å²) in [5.74, 6) is -0.682. The molecule has 3 nitrogen and oxygen atoms in total. The Morgan fingerprint density at radius 2 is 2.11 bits per heavy atom. The van der Waals surface area contributed by atoms with Crippen LogP contribution in [0.25, 0.3) is 0 Å². The molecule has 1 amide bonds. The predicted molar refractivity (Wildman–Crippen MR) is 73.7 cm³/mol. The van der Waals surface area contributed by atoms with Crippen molar-refractivity contribution in [3.8, 4) is 0 Å². The molecule has 0 bridgehead atoms. The highest BCUT2D eigenvalue weighted by atomic mass is 32.1. The lowest BCUT2D eigenvalue weighted by Crippen LogP contribution is -2.54. The van der Waals surface area contributed by atoms with Crippen molar-refractivity contribution >= 4 is 23.1 Å². The van der Waals surface area contributed by atoms with Crippen molar-refractivity contribution in [3.63, 3.8) is 0 Å². The lowest BCUT2D eigenvalue weighted by atomic mass is 9.98. The highest BCUT2D eigenvalue weighted by molar-refractivity contribution is 7.80. The maximum atomic E-state index is 13.4. The van der Waals surface area contributed by atoms with Crippen LogP contribution < -0.4 is 11.1 Å². The van der Waals surface area contributed by atoms with Crippen molar-refractivity contribution in [1.29, 1.82) is 0 Å². The number of amides is 1. The van der Waals surface area contributed by atoms with Crippen LogP contribution in [0.15, 0.2) is 24.3 Å². The lowest BCUT2D eigenvalue weighted by molar-refractivity contribution is -0.121. The van der Waals surface area contributed by atoms with Gasteiger partial charge in [-0.15, -0.1) is 0 Å². The fourth-order valence-electron chi connectivity index (χ4n) is 1.49. The van der Waals surface area contributed by atoms with Crippen LogP contribution in [-0.4, -0.2) is 16.4 Å². The number of carbonyl (C=O) groups is 1. The molecule has 0 saturated carbocycles. The molecule has 3 N–H and O–H groups in total. The molecule has 98 valence electrons. The first-order chi connectivity index (χ1) is 8.39. The molecule has 0 aliphatic heterocycles. The summed E-state index contributed by atoms with van der Waals surface area (Å²) in [5.41, 5.74) is 5.23. The molecule has 1 unspecified atom stereocenters. The van der Waals surface area contributed by atoms with E-state index < -0.39 is 5.54 Å². The smallest absolute Gasteiger partial charge is 0.225 e. The topological polar surface area (TPSA) is 55.1 Å². The van der Waals surface area contributed by atoms with Gasteiger partial charge in [-0.1, -0.05) is 37.3 Å². The number of thiocarbonyl (C=S) groups is 1. The molecule has 0 aliphatic rings. The summed E-state index contributed by atoms with van der Waals surface area (Å²) in [4.78, 5) is 12.1. The summed E-state index contributed by atoms with van der Waals surface area (Å²) in [7, 11) is 0. The number of benzene rings is 1. The molecular weight excluding hydrogens is 251 g/mol. The van der Waals surface area contributed by atoms with Crippen LogP contribution in [0.3, 0.4) is 0 Å². The molecule has 18 heavy (non-hydrogen) atoms. The Balaban J connectivity index is 2.73. The normalized spacial score (nSPS) is 13.7. The van der Waals surface area contributed by atoms with Crippen LogP contribution in [0.5, 0.6) is 0 Å². The van der Waals surface area contributed by atoms with E-state index in [9.17, 15) is 9.18 Å². The fourth-order valence-corrected chi connectivity index (χ4v) is 1.69. The van der Waals surface area contributed by atoms with Gasteiger partial charge >= 0.3 is 0 Å². The first kappa shape index (κ1) is 14.6. The van der Waals surface area contributed by atoms with Gasteiger partial charge in [-0.25, -0.2) is 4.39 Å². The molecular formula is C13H17FN2OS. The van der Waals surface area contributed by atoms with E-state index in [1.807, 2.05) is 6.92 Å². The van der Waals surface area contributed by atoms with Crippen LogP contribution >= 0.6 is 12.2 Å². The minimum Gasteiger partial charge on any atom is -0.391 e. The lowest BCUT2D eigenvalue weighted by Gasteiger charge is -2.28. The molecule has 0 aromatic heterocycles. The predicted octanol–water partition coefficient (Wildman–Crippen LogP) is 1.94. The number of nitrogens with one attached hydrogen (secondary N) is 1. The van der Waals surface area contributed by atoms with E-state index in [-0.39, 0.29) is 23.1 Å². The van der Waals surface area contributed by atoms with Gasteiger partial charge in [0.15, 0.2) is 0 Å². The maximum absolute atomic E-state index is 13.4. The Labute approximate surface area is 112 Å². The maximum Gasteiger partial charge on any atom is 0.225 e. The van der Waals surface area contributed by atoms with E-state index in [1.54, 1.807) is 25.1 Å². The SMILES string of the molecule is CCC(C)(NC(=O)Cc1ccccc1F)C(N)=S. The van der Waals surface area contributed by atoms with E-state index in [2.05, 4.69) is 5.32 Å². The van der Waals surface area contributed by atoms with Crippen LogP contribution in [-0.2, 0) is 11.2 Å². The van der Waals surface area contributed by atoms with E-state index in [1.165, 1.54) is 6.07 Å². The van der Waals surface area contributed by atoms with Gasteiger partial charge in [0.1, 0.15) is 5.82 Å². The zero-order valence-electron chi connectivity index (χ0n) is 10.5. The van der Waals surface area contributed by atoms with Gasteiger partial charge < -0.3 is 11.1 Å². The zero-order chi connectivity index (χ0) is 13.8. The van der Waals surface area contributed by atoms with Crippen molar-refractivity contribution in [3.05, 3.63) is 35.6 Å². The van der Waals surface area contributed by atoms with Crippen molar-refractivity contribution in [2.75, 3.05) is 0 Å². The number of hydrogen-bond acceptors (Lipinski definition) is 2. The van der Waals surface area contributed by atoms with Gasteiger partial charge in [0.05, 0.1) is 16.9 Å². The third-order valence-electron chi connectivity index (χ3n) is 2.98. The van der Waals surface area contributed by atoms with Crippen LogP contribution in [0.2, 0.25) is 0 Å². The number of hydrogen-bond donors (Lipinski definition) is 2. The van der Waals surface area contributed by atoms with Crippen LogP contribution in [0.4, 0.5) is 4.39 Å². The molecule has 1 rings (SSSR count). The second-order valence-electron chi connectivity index (χ2n) is 4.37. The van der Waals surface area contributed by atoms with E-state index in [4.69, 9.17) is 18.0 Å². The van der Waals surface area contributed by atoms with Crippen molar-refractivity contribution < 1.29 is 9.18 Å². The standard InChI is InChI=1S/C13H17FN2OS/c1-3-13(2,12(15)18)16-11(17)8-9-6-4-5-7-10(9)14/h4-7H,3,8H2,1-2H3,(H2,15,18)(H,16,17). The summed E-state index contributed by atoms with van der Waals surface area (Å²) in [5, 5.41) is 2.75. The highest BCUT2D eigenvalue weighted by Crippen LogP contribution is 2.12. The quantitative estimate of drug-likeness (QED) is 0.802. The first-order valence-electron chi connectivity index (χ1n) is 5.73. The average Bonchev–Trinajstić information content (AvgIpc) is 2.31. The highest BCUT2D eigenvalue weighted by Gasteiger charge is 2.27. The van der Waals surface area contributed by atoms with Crippen molar-refractivity contribution in [2.24, 2.45) is 5.73 Å². The summed E-state index contributed by atoms with van der Waals surface area (Å²) >= 11 is 4.93. The number of rotatable bonds is 5. The molecule has 0 heterocycles. The van der Waals surface area contributed by atoms with Gasteiger partial charge in [0.2, 0.25) is 5.91 Å². The summed E-state index contributed by atoms with van der Waals surface area (Å²) in [6.45, 7) is 3.64. The van der Waals surface area contributed by atoms with Crippen molar-refractivity contribution in [2.45, 2.75) is 32.2 Å². The fraction of sp³-hybridized carbons (Fsp3) is 0.385. The first-order valence-corrected chi connectivity index (χ1v) is 6.14. The molecule has 5 heteroatoms. The Kier molecular flexibility index (Phi) is 4.78. The number of carbonyl (C=O) groups excluding carboxylic acids is 1. The Morgan fingerprint density at radius 3 is 2.61 bits per heavy atom. The molecule has 0 aliphatic carbocycles. The number of halogens is 1. The largest absolute Gasteiger partial charge is 0.391 e. The van der Waals surface area contributed by atoms with E-state index in [0.717, 1.165) is 0 Å². The van der Waals surface area contributed by atoms with Gasteiger partial charge in [-0.3, -0.25) is 4.79 Å². The summed E-state index contributed by atoms with van der Waals surface area (Å²) in [6.07, 6.45) is 0.566. The Hall–Kier alpha value is -1.49. The van der Waals surface area contributed by atoms with Crippen molar-refractivity contribution in [1.82, 2.24) is 5.32 Å². The molecule has 1 atom stereocenters. The molecule has 1 aromatic carbocycles. The van der Waals surface area contributed by atoms with Crippen LogP contribution in [0.1, 0.15) is 25.8 Å². The van der Waals surface area contributed by atoms with Gasteiger partial charge in [0.25, 0.3) is 0 Å². The molecule has 1 aromatic rings. The molecule has 0 spiro atoms. The molecule has 0 radical (unpaired) electrons. The Morgan fingerprint density at radius 1 is 1.50 bits per heavy atom. The second kappa shape index (κ2) is 5.91. The minimum atomic E-state index is -0.725. The van der Waals surface area contributed by atoms with E-state index in [0.29, 0.717) is 12.0 Å². The molecule has 0 saturated heterocycles. The second-order valence-corrected chi connectivity index (χ2v) is 4.81. The zero-order valence-corrected chi connectivity index (χ0v) is 11.3. The summed E-state index contributed by atoms with van der Waals surface area (Å²) < 4.78 is 13.4. The van der Waals surface area contributed by atoms with Gasteiger partial charge in [0, 0.05) is 0 Å². The third-order valence-corrected chi connectivity index (χ3v) is 3.43. The van der Waals surface area contributed by atoms with E-state index >= 15 is 0 Å². The van der Waals surface area contributed by atoms with Gasteiger partial charge in [-0.05, 0) is 25.0 Å². The minimum absolute atomic E-state index is 0.0229. The average molecular weight is 268 g/mol. The molecule has 0 fully saturated rings. The van der Waals surface area contributed by atoms with Gasteiger partial charge in [-0.2, -0.15) is 0 Å². The Bertz CT molecular complexity index is 464. The summed E-state index contributed by atoms with van der Waals surface area (Å²) in [6, 6.07) is 6.19. The third kappa shape index (κ3) is 3.50. The monoisotopic (exact) mass is 268 g/mol. The van der Waals surface area contributed by atoms with Crippen LogP contribution in [0, 0.1) is 5.82 Å².